The number of nitrogens with zero attached hydrogens (tertiary/aromatic N) is 1. The van der Waals surface area contributed by atoms with Crippen LogP contribution in [-0.2, 0) is 11.4 Å². The smallest absolute Gasteiger partial charge is 0.250 e. The number of rotatable bonds is 8. The van der Waals surface area contributed by atoms with Crippen molar-refractivity contribution in [2.24, 2.45) is 0 Å². The highest BCUT2D eigenvalue weighted by atomic mass is 35.5. The molecule has 0 atom stereocenters. The summed E-state index contributed by atoms with van der Waals surface area (Å²) in [6.07, 6.45) is 3.17. The predicted octanol–water partition coefficient (Wildman–Crippen LogP) is 7.66. The molecular weight excluding hydrogens is 503 g/mol. The van der Waals surface area contributed by atoms with Crippen molar-refractivity contribution in [1.82, 2.24) is 4.98 Å². The van der Waals surface area contributed by atoms with Crippen molar-refractivity contribution in [2.75, 3.05) is 12.4 Å². The van der Waals surface area contributed by atoms with Gasteiger partial charge in [0.2, 0.25) is 5.91 Å². The number of anilines is 1. The number of nitrogens with one attached hydrogen (secondary N) is 1. The Morgan fingerprint density at radius 2 is 1.69 bits per heavy atom. The van der Waals surface area contributed by atoms with Gasteiger partial charge in [-0.1, -0.05) is 53.5 Å². The molecule has 5 nitrogen and oxygen atoms in total. The molecule has 0 unspecified atom stereocenters. The van der Waals surface area contributed by atoms with E-state index in [9.17, 15) is 4.79 Å². The lowest BCUT2D eigenvalue weighted by molar-refractivity contribution is -0.111. The third-order valence-electron chi connectivity index (χ3n) is 5.07. The Labute approximate surface area is 218 Å². The zero-order valence-corrected chi connectivity index (χ0v) is 21.4. The minimum Gasteiger partial charge on any atom is -0.493 e. The molecule has 4 rings (SSSR count). The summed E-state index contributed by atoms with van der Waals surface area (Å²) in [4.78, 5) is 18.0. The van der Waals surface area contributed by atoms with Gasteiger partial charge in [-0.3, -0.25) is 10.1 Å². The van der Waals surface area contributed by atoms with Gasteiger partial charge >= 0.3 is 0 Å². The molecule has 0 aliphatic rings. The number of hydrogen-bond donors (Lipinski definition) is 1. The van der Waals surface area contributed by atoms with Crippen LogP contribution < -0.4 is 14.8 Å². The lowest BCUT2D eigenvalue weighted by Crippen LogP contribution is -2.07. The Kier molecular flexibility index (Phi) is 8.08. The molecule has 1 aromatic heterocycles. The summed E-state index contributed by atoms with van der Waals surface area (Å²) in [7, 11) is 1.58. The fourth-order valence-corrected chi connectivity index (χ4v) is 4.38. The fourth-order valence-electron chi connectivity index (χ4n) is 3.29. The SMILES string of the molecule is COc1cc(C=CC(=O)Nc2nc(-c3ccc(Cl)cc3)c(C)s2)ccc1OCc1ccc(Cl)cc1. The maximum atomic E-state index is 12.5. The largest absolute Gasteiger partial charge is 0.493 e. The Morgan fingerprint density at radius 3 is 2.37 bits per heavy atom. The second-order valence-electron chi connectivity index (χ2n) is 7.58. The number of amides is 1. The van der Waals surface area contributed by atoms with Crippen LogP contribution in [0.2, 0.25) is 10.0 Å². The van der Waals surface area contributed by atoms with E-state index in [1.807, 2.05) is 73.7 Å². The number of aromatic nitrogens is 1. The van der Waals surface area contributed by atoms with Crippen molar-refractivity contribution in [1.29, 1.82) is 0 Å². The molecule has 0 radical (unpaired) electrons. The topological polar surface area (TPSA) is 60.5 Å². The van der Waals surface area contributed by atoms with E-state index in [0.717, 1.165) is 27.3 Å². The van der Waals surface area contributed by atoms with Gasteiger partial charge in [0.15, 0.2) is 16.6 Å². The molecule has 1 heterocycles. The molecule has 0 bridgehead atoms. The maximum absolute atomic E-state index is 12.5. The quantitative estimate of drug-likeness (QED) is 0.240. The number of methoxy groups -OCH3 is 1. The number of thiazole rings is 1. The summed E-state index contributed by atoms with van der Waals surface area (Å²) in [5.74, 6) is 0.908. The van der Waals surface area contributed by atoms with Gasteiger partial charge in [0.1, 0.15) is 6.61 Å². The first-order valence-electron chi connectivity index (χ1n) is 10.7. The summed E-state index contributed by atoms with van der Waals surface area (Å²) >= 11 is 13.3. The highest BCUT2D eigenvalue weighted by molar-refractivity contribution is 7.16. The van der Waals surface area contributed by atoms with Gasteiger partial charge in [-0.15, -0.1) is 11.3 Å². The van der Waals surface area contributed by atoms with Gasteiger partial charge in [0, 0.05) is 26.6 Å². The number of carbonyl (C=O) groups excluding carboxylic acids is 1. The molecule has 1 amide bonds. The van der Waals surface area contributed by atoms with E-state index < -0.39 is 0 Å². The van der Waals surface area contributed by atoms with Crippen LogP contribution in [0.25, 0.3) is 17.3 Å². The van der Waals surface area contributed by atoms with Crippen LogP contribution in [0.15, 0.2) is 72.8 Å². The van der Waals surface area contributed by atoms with Gasteiger partial charge in [0.05, 0.1) is 12.8 Å². The maximum Gasteiger partial charge on any atom is 0.250 e. The van der Waals surface area contributed by atoms with Crippen molar-refractivity contribution >= 4 is 51.7 Å². The van der Waals surface area contributed by atoms with Crippen molar-refractivity contribution < 1.29 is 14.3 Å². The first-order valence-corrected chi connectivity index (χ1v) is 12.3. The van der Waals surface area contributed by atoms with Gasteiger partial charge in [-0.05, 0) is 60.5 Å². The highest BCUT2D eigenvalue weighted by Gasteiger charge is 2.11. The fraction of sp³-hybridized carbons (Fsp3) is 0.111. The molecule has 0 spiro atoms. The number of halogens is 2. The van der Waals surface area contributed by atoms with Crippen molar-refractivity contribution in [2.45, 2.75) is 13.5 Å². The first kappa shape index (κ1) is 24.8. The van der Waals surface area contributed by atoms with Crippen molar-refractivity contribution in [3.63, 3.8) is 0 Å². The van der Waals surface area contributed by atoms with E-state index in [1.54, 1.807) is 13.2 Å². The van der Waals surface area contributed by atoms with E-state index in [-0.39, 0.29) is 5.91 Å². The highest BCUT2D eigenvalue weighted by Crippen LogP contribution is 2.32. The zero-order chi connectivity index (χ0) is 24.8. The lowest BCUT2D eigenvalue weighted by Gasteiger charge is -2.11. The van der Waals surface area contributed by atoms with Gasteiger partial charge < -0.3 is 9.47 Å². The Morgan fingerprint density at radius 1 is 1.00 bits per heavy atom. The summed E-state index contributed by atoms with van der Waals surface area (Å²) in [6, 6.07) is 20.4. The standard InChI is InChI=1S/C27H22Cl2N2O3S/c1-17-26(20-7-11-22(29)12-8-20)31-27(35-17)30-25(32)14-6-18-5-13-23(24(15-18)33-2)34-16-19-3-9-21(28)10-4-19/h3-15H,16H2,1-2H3,(H,30,31,32). The number of benzene rings is 3. The molecule has 0 fully saturated rings. The van der Waals surface area contributed by atoms with E-state index >= 15 is 0 Å². The van der Waals surface area contributed by atoms with Gasteiger partial charge in [-0.2, -0.15) is 0 Å². The summed E-state index contributed by atoms with van der Waals surface area (Å²) < 4.78 is 11.3. The third-order valence-corrected chi connectivity index (χ3v) is 6.46. The van der Waals surface area contributed by atoms with E-state index in [0.29, 0.717) is 33.3 Å². The van der Waals surface area contributed by atoms with E-state index in [4.69, 9.17) is 32.7 Å². The Bertz CT molecular complexity index is 1350. The van der Waals surface area contributed by atoms with Crippen LogP contribution in [-0.4, -0.2) is 18.0 Å². The van der Waals surface area contributed by atoms with Crippen LogP contribution in [0, 0.1) is 6.92 Å². The number of carbonyl (C=O) groups is 1. The molecule has 3 aromatic carbocycles. The minimum absolute atomic E-state index is 0.275. The summed E-state index contributed by atoms with van der Waals surface area (Å²) in [5.41, 5.74) is 3.57. The molecule has 1 N–H and O–H groups in total. The first-order chi connectivity index (χ1) is 16.9. The molecule has 0 saturated heterocycles. The van der Waals surface area contributed by atoms with Crippen LogP contribution in [0.1, 0.15) is 16.0 Å². The Balaban J connectivity index is 1.39. The van der Waals surface area contributed by atoms with Crippen molar-refractivity contribution in [3.8, 4) is 22.8 Å². The average molecular weight is 525 g/mol. The lowest BCUT2D eigenvalue weighted by atomic mass is 10.1. The second-order valence-corrected chi connectivity index (χ2v) is 9.65. The minimum atomic E-state index is -0.275. The van der Waals surface area contributed by atoms with E-state index in [1.165, 1.54) is 17.4 Å². The molecule has 8 heteroatoms. The summed E-state index contributed by atoms with van der Waals surface area (Å²) in [6.45, 7) is 2.35. The molecule has 0 saturated carbocycles. The van der Waals surface area contributed by atoms with Crippen LogP contribution in [0.4, 0.5) is 5.13 Å². The molecule has 0 aliphatic heterocycles. The van der Waals surface area contributed by atoms with Gasteiger partial charge in [0.25, 0.3) is 0 Å². The molecule has 4 aromatic rings. The predicted molar refractivity (Wildman–Crippen MR) is 144 cm³/mol. The second kappa shape index (κ2) is 11.4. The molecule has 178 valence electrons. The van der Waals surface area contributed by atoms with Crippen LogP contribution in [0.3, 0.4) is 0 Å². The van der Waals surface area contributed by atoms with E-state index in [2.05, 4.69) is 10.3 Å². The number of ether oxygens (including phenoxy) is 2. The third kappa shape index (κ3) is 6.63. The van der Waals surface area contributed by atoms with Crippen LogP contribution in [0.5, 0.6) is 11.5 Å². The molecule has 0 aliphatic carbocycles. The Hall–Kier alpha value is -3.32. The monoisotopic (exact) mass is 524 g/mol. The van der Waals surface area contributed by atoms with Crippen LogP contribution >= 0.6 is 34.5 Å². The molecule has 35 heavy (non-hydrogen) atoms. The van der Waals surface area contributed by atoms with Crippen molar-refractivity contribution in [3.05, 3.63) is 98.9 Å². The molecular formula is C27H22Cl2N2O3S. The average Bonchev–Trinajstić information content (AvgIpc) is 3.22. The number of aryl methyl sites for hydroxylation is 1. The normalized spacial score (nSPS) is 11.0. The van der Waals surface area contributed by atoms with Gasteiger partial charge in [-0.25, -0.2) is 4.98 Å². The summed E-state index contributed by atoms with van der Waals surface area (Å²) in [5, 5.41) is 4.70. The zero-order valence-electron chi connectivity index (χ0n) is 19.0. The number of hydrogen-bond acceptors (Lipinski definition) is 5.